The molecule has 1 aromatic heterocycles. The average molecular weight is 554 g/mol. The Kier molecular flexibility index (Phi) is 8.81. The number of unbranched alkanes of at least 4 members (excludes halogenated alkanes) is 1. The molecule has 0 unspecified atom stereocenters. The van der Waals surface area contributed by atoms with E-state index in [2.05, 4.69) is 37.5 Å². The lowest BCUT2D eigenvalue weighted by molar-refractivity contribution is -0.184. The summed E-state index contributed by atoms with van der Waals surface area (Å²) in [5.41, 5.74) is 3.36. The van der Waals surface area contributed by atoms with E-state index in [1.54, 1.807) is 18.3 Å². The Morgan fingerprint density at radius 3 is 2.42 bits per heavy atom. The summed E-state index contributed by atoms with van der Waals surface area (Å²) < 4.78 is 60.4. The fourth-order valence-corrected chi connectivity index (χ4v) is 5.18. The van der Waals surface area contributed by atoms with E-state index in [1.165, 1.54) is 30.4 Å². The van der Waals surface area contributed by atoms with E-state index in [0.717, 1.165) is 42.1 Å². The van der Waals surface area contributed by atoms with Crippen LogP contribution in [0.5, 0.6) is 0 Å². The molecule has 0 amide bonds. The van der Waals surface area contributed by atoms with Gasteiger partial charge in [-0.15, -0.1) is 0 Å². The van der Waals surface area contributed by atoms with Gasteiger partial charge in [-0.1, -0.05) is 39.0 Å². The molecule has 0 radical (unpaired) electrons. The van der Waals surface area contributed by atoms with Crippen molar-refractivity contribution in [1.82, 2.24) is 4.98 Å². The van der Waals surface area contributed by atoms with Crippen LogP contribution >= 0.6 is 0 Å². The third kappa shape index (κ3) is 6.29. The van der Waals surface area contributed by atoms with E-state index in [1.807, 2.05) is 6.07 Å². The number of Topliss-reactive ketones (excluding diaryl/α,β-unsaturated/α-hetero) is 1. The molecule has 4 rings (SSSR count). The molecule has 0 spiro atoms. The van der Waals surface area contributed by atoms with Crippen LogP contribution in [0.2, 0.25) is 0 Å². The number of ether oxygens (including phenoxy) is 1. The number of aromatic nitrogens is 1. The molecular formula is C33H35F4NO2. The highest BCUT2D eigenvalue weighted by Crippen LogP contribution is 2.62. The van der Waals surface area contributed by atoms with Crippen LogP contribution in [-0.2, 0) is 28.8 Å². The van der Waals surface area contributed by atoms with E-state index < -0.39 is 17.4 Å². The van der Waals surface area contributed by atoms with Crippen LogP contribution in [0, 0.1) is 11.2 Å². The lowest BCUT2D eigenvalue weighted by Crippen LogP contribution is -2.27. The summed E-state index contributed by atoms with van der Waals surface area (Å²) in [5, 5.41) is 0.995. The highest BCUT2D eigenvalue weighted by atomic mass is 19.4. The largest absolute Gasteiger partial charge is 0.500 e. The minimum Gasteiger partial charge on any atom is -0.500 e. The van der Waals surface area contributed by atoms with Crippen LogP contribution < -0.4 is 0 Å². The Bertz CT molecular complexity index is 1450. The molecule has 3 nitrogen and oxygen atoms in total. The monoisotopic (exact) mass is 553 g/mol. The number of methoxy groups -OCH3 is 1. The SMILES string of the molecule is C=C(/C=C(\OC)C1(C(F)(F)F)CC1)CC(=O)Cc1ccc(-c2cnc3cc(CCCC)c(CC)cc3c2)cc1F. The summed E-state index contributed by atoms with van der Waals surface area (Å²) >= 11 is 0. The minimum absolute atomic E-state index is 0.0541. The molecule has 1 saturated carbocycles. The maximum atomic E-state index is 15.0. The molecule has 3 aromatic rings. The van der Waals surface area contributed by atoms with Crippen molar-refractivity contribution in [1.29, 1.82) is 0 Å². The predicted molar refractivity (Wildman–Crippen MR) is 150 cm³/mol. The van der Waals surface area contributed by atoms with Crippen molar-refractivity contribution in [3.63, 3.8) is 0 Å². The minimum atomic E-state index is -4.43. The molecule has 40 heavy (non-hydrogen) atoms. The third-order valence-corrected chi connectivity index (χ3v) is 7.70. The van der Waals surface area contributed by atoms with Gasteiger partial charge in [0, 0.05) is 30.0 Å². The van der Waals surface area contributed by atoms with Gasteiger partial charge in [0.2, 0.25) is 0 Å². The van der Waals surface area contributed by atoms with E-state index in [4.69, 9.17) is 4.74 Å². The van der Waals surface area contributed by atoms with Gasteiger partial charge in [0.25, 0.3) is 0 Å². The summed E-state index contributed by atoms with van der Waals surface area (Å²) in [6, 6.07) is 11.0. The van der Waals surface area contributed by atoms with Gasteiger partial charge in [-0.2, -0.15) is 13.2 Å². The summed E-state index contributed by atoms with van der Waals surface area (Å²) in [6.07, 6.45) is 2.20. The van der Waals surface area contributed by atoms with Crippen molar-refractivity contribution in [3.05, 3.63) is 89.1 Å². The summed E-state index contributed by atoms with van der Waals surface area (Å²) in [7, 11) is 1.18. The Hall–Kier alpha value is -3.48. The third-order valence-electron chi connectivity index (χ3n) is 7.70. The molecule has 1 fully saturated rings. The molecule has 0 aliphatic heterocycles. The Morgan fingerprint density at radius 2 is 1.82 bits per heavy atom. The van der Waals surface area contributed by atoms with E-state index in [0.29, 0.717) is 5.56 Å². The highest BCUT2D eigenvalue weighted by Gasteiger charge is 2.66. The molecule has 1 heterocycles. The fourth-order valence-electron chi connectivity index (χ4n) is 5.18. The van der Waals surface area contributed by atoms with Crippen LogP contribution in [0.1, 0.15) is 62.6 Å². The first-order chi connectivity index (χ1) is 19.0. The topological polar surface area (TPSA) is 39.2 Å². The second kappa shape index (κ2) is 11.9. The van der Waals surface area contributed by atoms with E-state index >= 15 is 4.39 Å². The molecule has 7 heteroatoms. The number of nitrogens with zero attached hydrogens (tertiary/aromatic N) is 1. The number of benzene rings is 2. The molecule has 0 bridgehead atoms. The van der Waals surface area contributed by atoms with Crippen molar-refractivity contribution >= 4 is 16.7 Å². The number of pyridine rings is 1. The maximum absolute atomic E-state index is 15.0. The number of fused-ring (bicyclic) bond motifs is 1. The number of carbonyl (C=O) groups excluding carboxylic acids is 1. The van der Waals surface area contributed by atoms with Gasteiger partial charge in [-0.05, 0) is 90.3 Å². The van der Waals surface area contributed by atoms with Crippen molar-refractivity contribution in [2.24, 2.45) is 5.41 Å². The maximum Gasteiger partial charge on any atom is 0.401 e. The van der Waals surface area contributed by atoms with Gasteiger partial charge in [0.15, 0.2) is 0 Å². The summed E-state index contributed by atoms with van der Waals surface area (Å²) in [6.45, 7) is 8.05. The molecule has 0 atom stereocenters. The lowest BCUT2D eigenvalue weighted by atomic mass is 9.95. The number of aryl methyl sites for hydroxylation is 2. The van der Waals surface area contributed by atoms with Gasteiger partial charge in [0.05, 0.1) is 12.6 Å². The Morgan fingerprint density at radius 1 is 1.07 bits per heavy atom. The molecule has 1 aliphatic rings. The van der Waals surface area contributed by atoms with Crippen LogP contribution in [-0.4, -0.2) is 24.1 Å². The van der Waals surface area contributed by atoms with Crippen molar-refractivity contribution < 1.29 is 27.1 Å². The van der Waals surface area contributed by atoms with Crippen molar-refractivity contribution in [2.45, 2.75) is 71.4 Å². The summed E-state index contributed by atoms with van der Waals surface area (Å²) in [5.74, 6) is -1.11. The number of carbonyl (C=O) groups is 1. The Balaban J connectivity index is 1.47. The van der Waals surface area contributed by atoms with Crippen molar-refractivity contribution in [2.75, 3.05) is 7.11 Å². The molecule has 212 valence electrons. The first-order valence-corrected chi connectivity index (χ1v) is 13.7. The number of hydrogen-bond donors (Lipinski definition) is 0. The zero-order valence-electron chi connectivity index (χ0n) is 23.3. The second-order valence-corrected chi connectivity index (χ2v) is 10.6. The number of hydrogen-bond acceptors (Lipinski definition) is 3. The van der Waals surface area contributed by atoms with Gasteiger partial charge in [-0.25, -0.2) is 4.39 Å². The number of rotatable bonds is 12. The lowest BCUT2D eigenvalue weighted by Gasteiger charge is -2.21. The first-order valence-electron chi connectivity index (χ1n) is 13.7. The molecule has 0 N–H and O–H groups in total. The number of halogens is 4. The number of allylic oxidation sites excluding steroid dienone is 3. The fraction of sp³-hybridized carbons (Fsp3) is 0.394. The van der Waals surface area contributed by atoms with E-state index in [9.17, 15) is 18.0 Å². The number of ketones is 1. The van der Waals surface area contributed by atoms with Gasteiger partial charge < -0.3 is 4.74 Å². The standard InChI is InChI=1S/C33H35F4NO2/c1-5-7-8-23-19-30-26(15-22(23)6-2)16-27(20-38-30)24-9-10-25(29(34)18-24)17-28(39)13-21(3)14-31(40-4)32(11-12-32)33(35,36)37/h9-10,14-16,18-20H,3,5-8,11-13,17H2,1-2,4H3/b31-14-. The Labute approximate surface area is 233 Å². The average Bonchev–Trinajstić information content (AvgIpc) is 3.73. The summed E-state index contributed by atoms with van der Waals surface area (Å²) in [4.78, 5) is 17.3. The zero-order chi connectivity index (χ0) is 29.1. The van der Waals surface area contributed by atoms with Gasteiger partial charge >= 0.3 is 6.18 Å². The van der Waals surface area contributed by atoms with Crippen LogP contribution in [0.3, 0.4) is 0 Å². The molecular weight excluding hydrogens is 518 g/mol. The smallest absolute Gasteiger partial charge is 0.401 e. The van der Waals surface area contributed by atoms with E-state index in [-0.39, 0.29) is 48.4 Å². The van der Waals surface area contributed by atoms with Crippen molar-refractivity contribution in [3.8, 4) is 11.1 Å². The molecule has 0 saturated heterocycles. The normalized spacial score (nSPS) is 14.8. The number of alkyl halides is 3. The molecule has 2 aromatic carbocycles. The predicted octanol–water partition coefficient (Wildman–Crippen LogP) is 8.88. The zero-order valence-corrected chi connectivity index (χ0v) is 23.3. The van der Waals surface area contributed by atoms with Crippen LogP contribution in [0.15, 0.2) is 66.6 Å². The quantitative estimate of drug-likeness (QED) is 0.128. The van der Waals surface area contributed by atoms with Crippen LogP contribution in [0.25, 0.3) is 22.0 Å². The second-order valence-electron chi connectivity index (χ2n) is 10.6. The van der Waals surface area contributed by atoms with Gasteiger partial charge in [0.1, 0.15) is 22.8 Å². The highest BCUT2D eigenvalue weighted by molar-refractivity contribution is 5.86. The molecule has 1 aliphatic carbocycles. The van der Waals surface area contributed by atoms with Crippen LogP contribution in [0.4, 0.5) is 17.6 Å². The first kappa shape index (κ1) is 29.5. The van der Waals surface area contributed by atoms with Gasteiger partial charge in [-0.3, -0.25) is 9.78 Å².